The summed E-state index contributed by atoms with van der Waals surface area (Å²) in [5.41, 5.74) is 7.58. The molecule has 0 bridgehead atoms. The van der Waals surface area contributed by atoms with Gasteiger partial charge in [0.05, 0.1) is 12.2 Å². The fraction of sp³-hybridized carbons (Fsp3) is 0.600. The van der Waals surface area contributed by atoms with Crippen molar-refractivity contribution in [3.8, 4) is 0 Å². The number of aliphatic hydroxyl groups excluding tert-OH is 1. The van der Waals surface area contributed by atoms with Crippen LogP contribution in [0.3, 0.4) is 0 Å². The molecular formula is C15H23N3OS. The van der Waals surface area contributed by atoms with Crippen molar-refractivity contribution >= 4 is 23.0 Å². The molecule has 1 aromatic rings. The predicted molar refractivity (Wildman–Crippen MR) is 86.2 cm³/mol. The molecule has 4 nitrogen and oxygen atoms in total. The first-order valence-electron chi connectivity index (χ1n) is 7.28. The zero-order valence-electron chi connectivity index (χ0n) is 12.0. The van der Waals surface area contributed by atoms with E-state index in [1.807, 2.05) is 19.1 Å². The Labute approximate surface area is 126 Å². The number of hydrogen-bond donors (Lipinski definition) is 2. The quantitative estimate of drug-likeness (QED) is 0.815. The van der Waals surface area contributed by atoms with Crippen molar-refractivity contribution in [1.29, 1.82) is 0 Å². The Morgan fingerprint density at radius 2 is 2.10 bits per heavy atom. The van der Waals surface area contributed by atoms with Crippen LogP contribution in [0.2, 0.25) is 0 Å². The molecule has 1 aliphatic rings. The average molecular weight is 293 g/mol. The number of pyridine rings is 1. The zero-order valence-corrected chi connectivity index (χ0v) is 12.8. The maximum Gasteiger partial charge on any atom is 0.139 e. The van der Waals surface area contributed by atoms with Crippen LogP contribution in [-0.4, -0.2) is 34.3 Å². The Morgan fingerprint density at radius 1 is 1.40 bits per heavy atom. The van der Waals surface area contributed by atoms with Crippen LogP contribution in [0.25, 0.3) is 0 Å². The van der Waals surface area contributed by atoms with Gasteiger partial charge in [0.2, 0.25) is 0 Å². The second-order valence-electron chi connectivity index (χ2n) is 5.40. The van der Waals surface area contributed by atoms with Crippen molar-refractivity contribution in [1.82, 2.24) is 4.98 Å². The first-order valence-corrected chi connectivity index (χ1v) is 7.69. The molecule has 0 amide bonds. The lowest BCUT2D eigenvalue weighted by molar-refractivity contribution is 0.289. The summed E-state index contributed by atoms with van der Waals surface area (Å²) in [6.07, 6.45) is 6.06. The van der Waals surface area contributed by atoms with Gasteiger partial charge >= 0.3 is 0 Å². The Morgan fingerprint density at radius 3 is 2.70 bits per heavy atom. The third-order valence-corrected chi connectivity index (χ3v) is 4.13. The van der Waals surface area contributed by atoms with Crippen molar-refractivity contribution in [2.24, 2.45) is 5.73 Å². The second-order valence-corrected chi connectivity index (χ2v) is 5.84. The van der Waals surface area contributed by atoms with E-state index in [0.717, 1.165) is 29.9 Å². The highest BCUT2D eigenvalue weighted by molar-refractivity contribution is 7.80. The van der Waals surface area contributed by atoms with Gasteiger partial charge in [-0.2, -0.15) is 0 Å². The minimum Gasteiger partial charge on any atom is -0.395 e. The standard InChI is InChI=1S/C15H23N3OS/c1-11-7-8-13(14(16)20)15(17-11)18(9-10-19)12-5-3-2-4-6-12/h7-8,12,19H,2-6,9-10H2,1H3,(H2,16,20). The third-order valence-electron chi connectivity index (χ3n) is 3.91. The minimum atomic E-state index is 0.114. The zero-order chi connectivity index (χ0) is 14.5. The summed E-state index contributed by atoms with van der Waals surface area (Å²) in [4.78, 5) is 7.20. The van der Waals surface area contributed by atoms with Crippen LogP contribution in [0.15, 0.2) is 12.1 Å². The molecule has 0 radical (unpaired) electrons. The SMILES string of the molecule is Cc1ccc(C(N)=S)c(N(CCO)C2CCCCC2)n1. The van der Waals surface area contributed by atoms with Gasteiger partial charge in [-0.05, 0) is 31.9 Å². The largest absolute Gasteiger partial charge is 0.395 e. The van der Waals surface area contributed by atoms with Crippen LogP contribution in [-0.2, 0) is 0 Å². The van der Waals surface area contributed by atoms with Crippen molar-refractivity contribution in [3.63, 3.8) is 0 Å². The van der Waals surface area contributed by atoms with Gasteiger partial charge in [-0.1, -0.05) is 31.5 Å². The average Bonchev–Trinajstić information content (AvgIpc) is 2.45. The number of aryl methyl sites for hydroxylation is 1. The molecule has 0 saturated heterocycles. The van der Waals surface area contributed by atoms with Gasteiger partial charge in [0, 0.05) is 18.3 Å². The number of anilines is 1. The van der Waals surface area contributed by atoms with Gasteiger partial charge in [0.15, 0.2) is 0 Å². The van der Waals surface area contributed by atoms with E-state index in [4.69, 9.17) is 18.0 Å². The summed E-state index contributed by atoms with van der Waals surface area (Å²) in [7, 11) is 0. The van der Waals surface area contributed by atoms with Crippen LogP contribution >= 0.6 is 12.2 Å². The molecule has 2 rings (SSSR count). The van der Waals surface area contributed by atoms with Crippen LogP contribution in [0.1, 0.15) is 43.4 Å². The molecule has 0 spiro atoms. The van der Waals surface area contributed by atoms with Crippen LogP contribution in [0, 0.1) is 6.92 Å². The highest BCUT2D eigenvalue weighted by Crippen LogP contribution is 2.28. The molecule has 110 valence electrons. The van der Waals surface area contributed by atoms with Crippen LogP contribution < -0.4 is 10.6 Å². The van der Waals surface area contributed by atoms with E-state index in [0.29, 0.717) is 17.6 Å². The Balaban J connectivity index is 2.36. The lowest BCUT2D eigenvalue weighted by atomic mass is 9.94. The molecule has 0 aromatic carbocycles. The lowest BCUT2D eigenvalue weighted by Gasteiger charge is -2.36. The number of hydrogen-bond acceptors (Lipinski definition) is 4. The number of thiocarbonyl (C=S) groups is 1. The van der Waals surface area contributed by atoms with Crippen molar-refractivity contribution in [3.05, 3.63) is 23.4 Å². The fourth-order valence-corrected chi connectivity index (χ4v) is 3.08. The predicted octanol–water partition coefficient (Wildman–Crippen LogP) is 2.16. The molecule has 0 aliphatic heterocycles. The number of aliphatic hydroxyl groups is 1. The molecule has 3 N–H and O–H groups in total. The first kappa shape index (κ1) is 15.2. The van der Waals surface area contributed by atoms with Gasteiger partial charge in [-0.25, -0.2) is 4.98 Å². The Kier molecular flexibility index (Phi) is 5.31. The van der Waals surface area contributed by atoms with E-state index >= 15 is 0 Å². The van der Waals surface area contributed by atoms with Gasteiger partial charge in [-0.3, -0.25) is 0 Å². The van der Waals surface area contributed by atoms with E-state index in [1.54, 1.807) is 0 Å². The number of nitrogens with two attached hydrogens (primary N) is 1. The fourth-order valence-electron chi connectivity index (χ4n) is 2.92. The first-order chi connectivity index (χ1) is 9.63. The van der Waals surface area contributed by atoms with Gasteiger partial charge in [0.25, 0.3) is 0 Å². The maximum absolute atomic E-state index is 9.39. The van der Waals surface area contributed by atoms with Gasteiger partial charge < -0.3 is 15.7 Å². The Hall–Kier alpha value is -1.20. The minimum absolute atomic E-state index is 0.114. The summed E-state index contributed by atoms with van der Waals surface area (Å²) in [6.45, 7) is 2.66. The number of aromatic nitrogens is 1. The van der Waals surface area contributed by atoms with E-state index in [-0.39, 0.29) is 6.61 Å². The van der Waals surface area contributed by atoms with Crippen molar-refractivity contribution in [2.45, 2.75) is 45.1 Å². The summed E-state index contributed by atoms with van der Waals surface area (Å²) in [5, 5.41) is 9.39. The molecular weight excluding hydrogens is 270 g/mol. The molecule has 1 aromatic heterocycles. The number of nitrogens with zero attached hydrogens (tertiary/aromatic N) is 2. The van der Waals surface area contributed by atoms with Crippen molar-refractivity contribution < 1.29 is 5.11 Å². The number of rotatable bonds is 5. The smallest absolute Gasteiger partial charge is 0.139 e. The van der Waals surface area contributed by atoms with Gasteiger partial charge in [0.1, 0.15) is 10.8 Å². The summed E-state index contributed by atoms with van der Waals surface area (Å²) in [6, 6.07) is 4.29. The monoisotopic (exact) mass is 293 g/mol. The topological polar surface area (TPSA) is 62.4 Å². The summed E-state index contributed by atoms with van der Waals surface area (Å²) >= 11 is 5.15. The van der Waals surface area contributed by atoms with Gasteiger partial charge in [-0.15, -0.1) is 0 Å². The highest BCUT2D eigenvalue weighted by Gasteiger charge is 2.24. The van der Waals surface area contributed by atoms with Crippen LogP contribution in [0.5, 0.6) is 0 Å². The normalized spacial score (nSPS) is 16.1. The summed E-state index contributed by atoms with van der Waals surface area (Å²) in [5.74, 6) is 0.832. The molecule has 0 unspecified atom stereocenters. The summed E-state index contributed by atoms with van der Waals surface area (Å²) < 4.78 is 0. The van der Waals surface area contributed by atoms with Crippen LogP contribution in [0.4, 0.5) is 5.82 Å². The molecule has 1 heterocycles. The molecule has 1 fully saturated rings. The van der Waals surface area contributed by atoms with E-state index in [9.17, 15) is 5.11 Å². The maximum atomic E-state index is 9.39. The van der Waals surface area contributed by atoms with Crippen molar-refractivity contribution in [2.75, 3.05) is 18.1 Å². The molecule has 1 aliphatic carbocycles. The Bertz CT molecular complexity index is 472. The molecule has 5 heteroatoms. The van der Waals surface area contributed by atoms with E-state index in [1.165, 1.54) is 19.3 Å². The highest BCUT2D eigenvalue weighted by atomic mass is 32.1. The van der Waals surface area contributed by atoms with E-state index in [2.05, 4.69) is 9.88 Å². The molecule has 20 heavy (non-hydrogen) atoms. The third kappa shape index (κ3) is 3.46. The molecule has 1 saturated carbocycles. The second kappa shape index (κ2) is 6.99. The van der Waals surface area contributed by atoms with E-state index < -0.39 is 0 Å². The molecule has 0 atom stereocenters. The lowest BCUT2D eigenvalue weighted by Crippen LogP contribution is -2.40.